The Labute approximate surface area is 231 Å². The molecule has 3 aromatic carbocycles. The molecule has 3 saturated carbocycles. The van der Waals surface area contributed by atoms with Crippen molar-refractivity contribution in [3.8, 4) is 16.9 Å². The van der Waals surface area contributed by atoms with E-state index in [0.29, 0.717) is 33.6 Å². The molecule has 0 spiro atoms. The van der Waals surface area contributed by atoms with Gasteiger partial charge in [0, 0.05) is 47.1 Å². The van der Waals surface area contributed by atoms with Crippen LogP contribution in [-0.4, -0.2) is 64.8 Å². The summed E-state index contributed by atoms with van der Waals surface area (Å²) in [6, 6.07) is 13.6. The molecule has 2 saturated heterocycles. The van der Waals surface area contributed by atoms with E-state index in [2.05, 4.69) is 29.2 Å². The zero-order chi connectivity index (χ0) is 26.7. The van der Waals surface area contributed by atoms with E-state index in [1.807, 2.05) is 30.3 Å². The van der Waals surface area contributed by atoms with Crippen LogP contribution in [0, 0.1) is 5.82 Å². The topological polar surface area (TPSA) is 64.5 Å². The van der Waals surface area contributed by atoms with E-state index in [-0.39, 0.29) is 22.3 Å². The number of phenolic OH excluding ortho intramolecular Hbond substituents is 1. The smallest absolute Gasteiger partial charge is 0.158 e. The second-order valence-electron chi connectivity index (χ2n) is 12.5. The average Bonchev–Trinajstić information content (AvgIpc) is 3.19. The summed E-state index contributed by atoms with van der Waals surface area (Å²) in [6.07, 6.45) is 5.31. The molecule has 2 aliphatic heterocycles. The highest BCUT2D eigenvalue weighted by Gasteiger charge is 2.71. The van der Waals surface area contributed by atoms with Crippen molar-refractivity contribution in [2.24, 2.45) is 0 Å². The summed E-state index contributed by atoms with van der Waals surface area (Å²) < 4.78 is 16.8. The van der Waals surface area contributed by atoms with Gasteiger partial charge in [-0.25, -0.2) is 14.4 Å². The minimum absolute atomic E-state index is 0.0717. The number of nitrogens with one attached hydrogen (secondary N) is 1. The molecule has 0 amide bonds. The summed E-state index contributed by atoms with van der Waals surface area (Å²) in [7, 11) is 4.28. The lowest BCUT2D eigenvalue weighted by atomic mass is 9.38. The molecule has 2 N–H and O–H groups in total. The van der Waals surface area contributed by atoms with Crippen molar-refractivity contribution in [3.63, 3.8) is 0 Å². The third kappa shape index (κ3) is 3.33. The molecule has 1 aromatic heterocycles. The standard InChI is InChI=1S/C31H31ClFN5O/c1-37(2)31-14-30(15-31,16-31)29-35-27-23(28(36-29)38-12-18-7-8-19(13-38)34-18)11-24(32)25(26(27)33)22-10-20(39)9-17-5-3-4-6-21(17)22/h3-6,9-11,18-19,34,39H,7-8,12-16H2,1-2H3. The first-order valence-electron chi connectivity index (χ1n) is 13.9. The minimum Gasteiger partial charge on any atom is -0.508 e. The molecule has 8 heteroatoms. The maximum absolute atomic E-state index is 16.8. The number of anilines is 1. The summed E-state index contributed by atoms with van der Waals surface area (Å²) >= 11 is 6.89. The van der Waals surface area contributed by atoms with Crippen LogP contribution in [0.4, 0.5) is 10.2 Å². The van der Waals surface area contributed by atoms with E-state index >= 15 is 4.39 Å². The quantitative estimate of drug-likeness (QED) is 0.348. The number of halogens is 2. The first-order valence-corrected chi connectivity index (χ1v) is 14.2. The van der Waals surface area contributed by atoms with Gasteiger partial charge in [-0.3, -0.25) is 0 Å². The van der Waals surface area contributed by atoms with Crippen LogP contribution >= 0.6 is 11.6 Å². The first kappa shape index (κ1) is 23.9. The molecular weight excluding hydrogens is 513 g/mol. The SMILES string of the molecule is CN(C)C12CC(c3nc(N4CC5CCC(C4)N5)c4cc(Cl)c(-c5cc(O)cc6ccccc56)c(F)c4n3)(C1)C2. The first-order chi connectivity index (χ1) is 18.8. The Balaban J connectivity index is 1.35. The molecule has 3 aliphatic carbocycles. The van der Waals surface area contributed by atoms with Crippen molar-refractivity contribution in [3.05, 3.63) is 59.1 Å². The third-order valence-corrected chi connectivity index (χ3v) is 10.2. The summed E-state index contributed by atoms with van der Waals surface area (Å²) in [5.41, 5.74) is 1.28. The zero-order valence-corrected chi connectivity index (χ0v) is 22.9. The normalized spacial score (nSPS) is 29.2. The summed E-state index contributed by atoms with van der Waals surface area (Å²) in [6.45, 7) is 1.68. The predicted molar refractivity (Wildman–Crippen MR) is 153 cm³/mol. The maximum atomic E-state index is 16.8. The Morgan fingerprint density at radius 3 is 2.46 bits per heavy atom. The van der Waals surface area contributed by atoms with E-state index in [4.69, 9.17) is 21.6 Å². The van der Waals surface area contributed by atoms with Crippen LogP contribution in [0.2, 0.25) is 5.02 Å². The minimum atomic E-state index is -0.454. The Morgan fingerprint density at radius 2 is 1.74 bits per heavy atom. The maximum Gasteiger partial charge on any atom is 0.158 e. The number of hydrogen-bond acceptors (Lipinski definition) is 6. The number of phenols is 1. The molecule has 5 aliphatic rings. The van der Waals surface area contributed by atoms with Crippen molar-refractivity contribution >= 4 is 39.1 Å². The number of benzene rings is 3. The van der Waals surface area contributed by atoms with Gasteiger partial charge in [-0.2, -0.15) is 0 Å². The third-order valence-electron chi connectivity index (χ3n) is 9.92. The molecule has 6 nitrogen and oxygen atoms in total. The number of nitrogens with zero attached hydrogens (tertiary/aromatic N) is 4. The van der Waals surface area contributed by atoms with Crippen molar-refractivity contribution in [1.29, 1.82) is 0 Å². The van der Waals surface area contributed by atoms with Gasteiger partial charge in [0.25, 0.3) is 0 Å². The molecule has 4 aromatic rings. The molecule has 2 unspecified atom stereocenters. The van der Waals surface area contributed by atoms with Crippen molar-refractivity contribution in [1.82, 2.24) is 20.2 Å². The number of rotatable bonds is 4. The summed E-state index contributed by atoms with van der Waals surface area (Å²) in [5.74, 6) is 1.17. The van der Waals surface area contributed by atoms with Gasteiger partial charge in [-0.15, -0.1) is 0 Å². The molecule has 2 atom stereocenters. The molecular formula is C31H31ClFN5O. The largest absolute Gasteiger partial charge is 0.508 e. The highest BCUT2D eigenvalue weighted by molar-refractivity contribution is 6.35. The van der Waals surface area contributed by atoms with E-state index < -0.39 is 5.82 Å². The Kier molecular flexibility index (Phi) is 4.91. The lowest BCUT2D eigenvalue weighted by Crippen LogP contribution is -2.75. The van der Waals surface area contributed by atoms with E-state index in [1.54, 1.807) is 12.1 Å². The fourth-order valence-corrected chi connectivity index (χ4v) is 8.12. The lowest BCUT2D eigenvalue weighted by molar-refractivity contribution is -0.155. The van der Waals surface area contributed by atoms with Crippen molar-refractivity contribution < 1.29 is 9.50 Å². The van der Waals surface area contributed by atoms with E-state index in [1.165, 1.54) is 0 Å². The number of aromatic nitrogens is 2. The number of piperazine rings is 1. The van der Waals surface area contributed by atoms with Gasteiger partial charge in [-0.05, 0) is 80.7 Å². The Hall–Kier alpha value is -3.00. The van der Waals surface area contributed by atoms with Gasteiger partial charge in [-0.1, -0.05) is 35.9 Å². The van der Waals surface area contributed by atoms with Crippen LogP contribution < -0.4 is 10.2 Å². The fraction of sp³-hybridized carbons (Fsp3) is 0.419. The predicted octanol–water partition coefficient (Wildman–Crippen LogP) is 5.62. The van der Waals surface area contributed by atoms with Crippen LogP contribution in [0.1, 0.15) is 37.9 Å². The summed E-state index contributed by atoms with van der Waals surface area (Å²) in [4.78, 5) is 14.8. The molecule has 200 valence electrons. The van der Waals surface area contributed by atoms with Crippen LogP contribution in [0.3, 0.4) is 0 Å². The second-order valence-corrected chi connectivity index (χ2v) is 12.9. The highest BCUT2D eigenvalue weighted by Crippen LogP contribution is 2.69. The molecule has 4 bridgehead atoms. The Morgan fingerprint density at radius 1 is 1.03 bits per heavy atom. The lowest BCUT2D eigenvalue weighted by Gasteiger charge is -2.72. The van der Waals surface area contributed by atoms with Crippen molar-refractivity contribution in [2.45, 2.75) is 55.1 Å². The van der Waals surface area contributed by atoms with Crippen LogP contribution in [-0.2, 0) is 5.41 Å². The second kappa shape index (κ2) is 8.03. The average molecular weight is 544 g/mol. The van der Waals surface area contributed by atoms with Gasteiger partial charge < -0.3 is 20.2 Å². The van der Waals surface area contributed by atoms with Gasteiger partial charge in [0.05, 0.1) is 5.02 Å². The molecule has 0 radical (unpaired) electrons. The van der Waals surface area contributed by atoms with Gasteiger partial charge >= 0.3 is 0 Å². The number of aromatic hydroxyl groups is 1. The van der Waals surface area contributed by atoms with E-state index in [9.17, 15) is 5.11 Å². The molecule has 9 rings (SSSR count). The monoisotopic (exact) mass is 543 g/mol. The van der Waals surface area contributed by atoms with Gasteiger partial charge in [0.2, 0.25) is 0 Å². The van der Waals surface area contributed by atoms with Crippen LogP contribution in [0.25, 0.3) is 32.8 Å². The fourth-order valence-electron chi connectivity index (χ4n) is 7.82. The number of hydrogen-bond donors (Lipinski definition) is 2. The van der Waals surface area contributed by atoms with Crippen molar-refractivity contribution in [2.75, 3.05) is 32.1 Å². The van der Waals surface area contributed by atoms with E-state index in [0.717, 1.165) is 67.6 Å². The molecule has 3 heterocycles. The van der Waals surface area contributed by atoms with Crippen LogP contribution in [0.5, 0.6) is 5.75 Å². The number of fused-ring (bicyclic) bond motifs is 4. The van der Waals surface area contributed by atoms with Crippen LogP contribution in [0.15, 0.2) is 42.5 Å². The highest BCUT2D eigenvalue weighted by atomic mass is 35.5. The van der Waals surface area contributed by atoms with Gasteiger partial charge in [0.15, 0.2) is 5.82 Å². The zero-order valence-electron chi connectivity index (χ0n) is 22.1. The molecule has 5 fully saturated rings. The van der Waals surface area contributed by atoms with Gasteiger partial charge in [0.1, 0.15) is 22.9 Å². The molecule has 39 heavy (non-hydrogen) atoms. The Bertz CT molecular complexity index is 1660. The summed E-state index contributed by atoms with van der Waals surface area (Å²) in [5, 5.41) is 16.8.